The van der Waals surface area contributed by atoms with Crippen LogP contribution in [0.15, 0.2) is 0 Å². The van der Waals surface area contributed by atoms with E-state index < -0.39 is 95.2 Å². The van der Waals surface area contributed by atoms with E-state index in [0.29, 0.717) is 53.8 Å². The molecule has 23 nitrogen and oxygen atoms in total. The number of aliphatic hydroxyl groups is 1. The van der Waals surface area contributed by atoms with E-state index in [-0.39, 0.29) is 102 Å². The Hall–Kier alpha value is -1.27. The first-order valence-electron chi connectivity index (χ1n) is 33.6. The fourth-order valence-electron chi connectivity index (χ4n) is 20.2. The van der Waals surface area contributed by atoms with Crippen LogP contribution < -0.4 is 34.7 Å². The number of carbonyl (C=O) groups is 3. The first-order valence-corrected chi connectivity index (χ1v) is 33.6. The van der Waals surface area contributed by atoms with Gasteiger partial charge in [-0.15, -0.1) is 0 Å². The van der Waals surface area contributed by atoms with E-state index in [1.165, 1.54) is 12.8 Å². The fourth-order valence-corrected chi connectivity index (χ4v) is 20.2. The zero-order valence-electron chi connectivity index (χ0n) is 54.9. The van der Waals surface area contributed by atoms with E-state index >= 15 is 0 Å². The number of aliphatic hydroxyl groups excluding tert-OH is 1. The molecule has 0 aromatic rings. The van der Waals surface area contributed by atoms with Gasteiger partial charge in [0, 0.05) is 86.1 Å². The van der Waals surface area contributed by atoms with Gasteiger partial charge in [0.25, 0.3) is 0 Å². The molecule has 20 rings (SSSR count). The molecule has 0 aromatic carbocycles. The van der Waals surface area contributed by atoms with E-state index in [1.807, 2.05) is 48.5 Å². The maximum absolute atomic E-state index is 12.1. The van der Waals surface area contributed by atoms with Crippen molar-refractivity contribution in [3.63, 3.8) is 0 Å². The molecule has 8 bridgehead atoms. The van der Waals surface area contributed by atoms with E-state index in [1.54, 1.807) is 7.11 Å². The second-order valence-electron chi connectivity index (χ2n) is 30.6. The van der Waals surface area contributed by atoms with E-state index in [2.05, 4.69) is 34.6 Å². The largest absolute Gasteiger partial charge is 1.00 e. The summed E-state index contributed by atoms with van der Waals surface area (Å²) < 4.78 is 59.1. The standard InChI is InChI=1S/C19H28O8.C16H26O5.C15H24O5.C15H22O5.Na/c1-10-4-5-13-11(2)16(23-15(22)7-6-14(20)21)24-17-19(13)12(10)8-9-18(3,25-17)26-27-19;1-9-5-6-12-10(2)13(17-4)18-14-16(12)11(9)7-8-15(3,19-14)20-21-16;2*1-8-4-5-11-9(2)12(16)17-13-15(11)10(8)6-7-14(3,18-13)19-20-15;/h10-13,16-17H,4-9H2,1-3H3,(H,20,21);9-14H,5-8H2,1-4H3;8-13,16H,4-7H2,1-3H3;8-11,13H,4-7H2,1-3H3;/q;;;;+1/p-1/t10?,11-,12?,13?,16?,17?,18-,19?;9?,10-,11?,12?,13+,14?,15-,16?;8?,9-,10?,11?,12?,13?,14-,15?;8?,9-,10?,11?,13?,14-,15?;/m1111./s1. The zero-order chi connectivity index (χ0) is 62.5. The zero-order valence-corrected chi connectivity index (χ0v) is 56.9. The third-order valence-electron chi connectivity index (χ3n) is 25.3. The Bertz CT molecular complexity index is 2600. The second-order valence-corrected chi connectivity index (χ2v) is 30.6. The summed E-state index contributed by atoms with van der Waals surface area (Å²) in [7, 11) is 1.70. The first-order chi connectivity index (χ1) is 41.7. The number of ether oxygens (including phenoxy) is 10. The Balaban J connectivity index is 0.000000116. The van der Waals surface area contributed by atoms with Crippen molar-refractivity contribution in [2.75, 3.05) is 7.11 Å². The molecule has 16 saturated heterocycles. The molecule has 89 heavy (non-hydrogen) atoms. The van der Waals surface area contributed by atoms with Crippen LogP contribution in [0.5, 0.6) is 0 Å². The summed E-state index contributed by atoms with van der Waals surface area (Å²) >= 11 is 0. The van der Waals surface area contributed by atoms with E-state index in [4.69, 9.17) is 86.5 Å². The van der Waals surface area contributed by atoms with Gasteiger partial charge in [0.15, 0.2) is 53.9 Å². The summed E-state index contributed by atoms with van der Waals surface area (Å²) in [5.74, 6) is -0.913. The summed E-state index contributed by atoms with van der Waals surface area (Å²) in [5, 5.41) is 20.8. The Labute approximate surface area is 545 Å². The molecule has 20 fully saturated rings. The van der Waals surface area contributed by atoms with Crippen molar-refractivity contribution >= 4 is 17.9 Å². The van der Waals surface area contributed by atoms with Crippen molar-refractivity contribution in [3.05, 3.63) is 0 Å². The number of aliphatic carboxylic acids is 1. The van der Waals surface area contributed by atoms with Gasteiger partial charge in [0.05, 0.1) is 12.3 Å². The average molecular weight is 1270 g/mol. The number of hydrogen-bond donors (Lipinski definition) is 1. The van der Waals surface area contributed by atoms with Gasteiger partial charge in [0.2, 0.25) is 35.7 Å². The molecule has 16 aliphatic heterocycles. The van der Waals surface area contributed by atoms with E-state index in [9.17, 15) is 24.6 Å². The van der Waals surface area contributed by atoms with Gasteiger partial charge in [-0.25, -0.2) is 39.1 Å². The number of rotatable bonds is 5. The molecule has 16 heterocycles. The minimum absolute atomic E-state index is 0. The molecule has 0 aromatic heterocycles. The van der Waals surface area contributed by atoms with Gasteiger partial charge >= 0.3 is 41.5 Å². The predicted octanol–water partition coefficient (Wildman–Crippen LogP) is 5.69. The second kappa shape index (κ2) is 24.7. The van der Waals surface area contributed by atoms with Crippen LogP contribution in [-0.2, 0) is 101 Å². The van der Waals surface area contributed by atoms with Crippen LogP contribution in [0.25, 0.3) is 0 Å². The monoisotopic (exact) mass is 1270 g/mol. The Morgan fingerprint density at radius 1 is 0.461 bits per heavy atom. The molecule has 4 spiro atoms. The molecule has 498 valence electrons. The van der Waals surface area contributed by atoms with Crippen LogP contribution >= 0.6 is 0 Å². The molecule has 22 unspecified atom stereocenters. The molecule has 31 atom stereocenters. The number of methoxy groups -OCH3 is 1. The van der Waals surface area contributed by atoms with Crippen LogP contribution in [0.2, 0.25) is 0 Å². The molecule has 0 radical (unpaired) electrons. The molecule has 4 aliphatic carbocycles. The SMILES string of the molecule is CC1CCC2[C@@H](C)C(=O)OC3O[C@@]4(C)CCC1C32OO4.CC1CCC2[C@@H](C)C(O)OC3O[C@@]4(C)CCC1C32OO4.CC1CCC2[C@@H](C)C(OC(=O)CCC(=O)[O-])OC3O[C@@]4(C)CCC1C32OO4.CO[C@H]1OC2O[C@@]3(C)CCC4C(C)CCC([C@H]1C)C24OO3.[Na+]. The van der Waals surface area contributed by atoms with Crippen molar-refractivity contribution in [2.45, 2.75) is 288 Å². The van der Waals surface area contributed by atoms with Crippen LogP contribution in [0, 0.1) is 94.7 Å². The minimum Gasteiger partial charge on any atom is -0.550 e. The molecule has 0 amide bonds. The predicted molar refractivity (Wildman–Crippen MR) is 298 cm³/mol. The molecule has 4 saturated carbocycles. The number of carboxylic acid groups (broad SMARTS) is 1. The maximum atomic E-state index is 12.1. The first kappa shape index (κ1) is 67.7. The Morgan fingerprint density at radius 3 is 1.21 bits per heavy atom. The Kier molecular flexibility index (Phi) is 18.8. The molecule has 1 N–H and O–H groups in total. The number of carboxylic acids is 1. The maximum Gasteiger partial charge on any atom is 1.00 e. The van der Waals surface area contributed by atoms with Crippen LogP contribution in [0.3, 0.4) is 0 Å². The summed E-state index contributed by atoms with van der Waals surface area (Å²) in [6, 6.07) is 0. The molecular weight excluding hydrogens is 1170 g/mol. The summed E-state index contributed by atoms with van der Waals surface area (Å²) in [6.07, 6.45) is 11.1. The Morgan fingerprint density at radius 2 is 0.809 bits per heavy atom. The summed E-state index contributed by atoms with van der Waals surface area (Å²) in [6.45, 7) is 24.8. The van der Waals surface area contributed by atoms with Crippen LogP contribution in [0.1, 0.15) is 199 Å². The third kappa shape index (κ3) is 11.0. The third-order valence-corrected chi connectivity index (χ3v) is 25.3. The van der Waals surface area contributed by atoms with Crippen molar-refractivity contribution < 1.29 is 141 Å². The topological polar surface area (TPSA) is 261 Å². The summed E-state index contributed by atoms with van der Waals surface area (Å²) in [5.41, 5.74) is -2.34. The average Bonchev–Trinajstić information content (AvgIpc) is 1.75. The van der Waals surface area contributed by atoms with Gasteiger partial charge in [-0.05, 0) is 153 Å². The van der Waals surface area contributed by atoms with Crippen molar-refractivity contribution in [1.29, 1.82) is 0 Å². The van der Waals surface area contributed by atoms with Gasteiger partial charge in [-0.1, -0.05) is 55.4 Å². The van der Waals surface area contributed by atoms with Crippen LogP contribution in [-0.4, -0.2) is 120 Å². The fraction of sp³-hybridized carbons (Fsp3) is 0.954. The van der Waals surface area contributed by atoms with Gasteiger partial charge in [-0.3, -0.25) is 9.59 Å². The van der Waals surface area contributed by atoms with Gasteiger partial charge in [0.1, 0.15) is 0 Å². The smallest absolute Gasteiger partial charge is 0.550 e. The minimum atomic E-state index is -1.28. The number of hydrogen-bond acceptors (Lipinski definition) is 23. The number of fused-ring (bicyclic) bond motifs is 8. The number of esters is 2. The molecular formula is C65H99NaO23. The van der Waals surface area contributed by atoms with Crippen LogP contribution in [0.4, 0.5) is 0 Å². The summed E-state index contributed by atoms with van der Waals surface area (Å²) in [4.78, 5) is 81.5. The molecule has 24 heteroatoms. The van der Waals surface area contributed by atoms with Gasteiger partial charge in [-0.2, -0.15) is 0 Å². The van der Waals surface area contributed by atoms with Gasteiger partial charge < -0.3 is 62.4 Å². The van der Waals surface area contributed by atoms with Crippen molar-refractivity contribution in [2.24, 2.45) is 94.7 Å². The normalized spacial score (nSPS) is 55.6. The number of carbonyl (C=O) groups excluding carboxylic acids is 3. The molecule has 20 aliphatic rings. The van der Waals surface area contributed by atoms with E-state index in [0.717, 1.165) is 83.5 Å². The quantitative estimate of drug-likeness (QED) is 0.197. The van der Waals surface area contributed by atoms with Crippen molar-refractivity contribution in [1.82, 2.24) is 0 Å². The van der Waals surface area contributed by atoms with Crippen molar-refractivity contribution in [3.8, 4) is 0 Å².